The molecule has 0 aromatic heterocycles. The first-order valence-electron chi connectivity index (χ1n) is 9.23. The lowest BCUT2D eigenvalue weighted by molar-refractivity contribution is -0.141. The van der Waals surface area contributed by atoms with Gasteiger partial charge in [-0.25, -0.2) is 13.8 Å². The number of rotatable bonds is 3. The summed E-state index contributed by atoms with van der Waals surface area (Å²) in [6.07, 6.45) is 0. The third kappa shape index (κ3) is 3.44. The molecular weight excluding hydrogens is 368 g/mol. The van der Waals surface area contributed by atoms with Gasteiger partial charge in [-0.05, 0) is 24.7 Å². The van der Waals surface area contributed by atoms with E-state index in [4.69, 9.17) is 4.74 Å². The average Bonchev–Trinajstić information content (AvgIpc) is 3.26. The number of hydrazine groups is 1. The first kappa shape index (κ1) is 18.7. The van der Waals surface area contributed by atoms with Gasteiger partial charge in [0.15, 0.2) is 9.84 Å². The Kier molecular flexibility index (Phi) is 4.87. The quantitative estimate of drug-likeness (QED) is 0.707. The summed E-state index contributed by atoms with van der Waals surface area (Å²) in [5, 5.41) is 0. The van der Waals surface area contributed by atoms with Gasteiger partial charge in [-0.15, -0.1) is 0 Å². The van der Waals surface area contributed by atoms with Crippen LogP contribution in [0.3, 0.4) is 0 Å². The van der Waals surface area contributed by atoms with Crippen LogP contribution in [-0.4, -0.2) is 81.5 Å². The van der Waals surface area contributed by atoms with Crippen LogP contribution < -0.4 is 15.6 Å². The van der Waals surface area contributed by atoms with Crippen LogP contribution in [0.1, 0.15) is 11.6 Å². The zero-order chi connectivity index (χ0) is 19.2. The molecule has 148 valence electrons. The van der Waals surface area contributed by atoms with Gasteiger partial charge in [-0.3, -0.25) is 15.1 Å². The molecule has 0 bridgehead atoms. The maximum atomic E-state index is 13.4. The number of fused-ring (bicyclic) bond motifs is 1. The summed E-state index contributed by atoms with van der Waals surface area (Å²) in [7, 11) is 0.451. The molecule has 1 amide bonds. The Hall–Kier alpha value is -1.68. The monoisotopic (exact) mass is 394 g/mol. The van der Waals surface area contributed by atoms with Crippen molar-refractivity contribution >= 4 is 15.7 Å². The normalized spacial score (nSPS) is 33.0. The predicted octanol–water partition coefficient (Wildman–Crippen LogP) is -0.600. The smallest absolute Gasteiger partial charge is 0.229 e. The topological polar surface area (TPSA) is 91.0 Å². The molecule has 0 spiro atoms. The second-order valence-corrected chi connectivity index (χ2v) is 9.76. The number of sulfone groups is 1. The number of hydrogen-bond acceptors (Lipinski definition) is 7. The maximum absolute atomic E-state index is 13.4. The number of piperazine rings is 1. The van der Waals surface area contributed by atoms with Gasteiger partial charge in [0.25, 0.3) is 0 Å². The molecule has 3 saturated heterocycles. The maximum Gasteiger partial charge on any atom is 0.229 e. The number of benzene rings is 1. The summed E-state index contributed by atoms with van der Waals surface area (Å²) < 4.78 is 29.7. The molecule has 1 aromatic rings. The van der Waals surface area contributed by atoms with Crippen LogP contribution in [0.5, 0.6) is 5.75 Å². The second-order valence-electron chi connectivity index (χ2n) is 7.61. The molecular formula is C18H26N4O4S. The molecule has 3 aliphatic heterocycles. The Morgan fingerprint density at radius 2 is 2.00 bits per heavy atom. The van der Waals surface area contributed by atoms with Crippen molar-refractivity contribution in [2.45, 2.75) is 18.1 Å². The first-order chi connectivity index (χ1) is 12.9. The number of hydrogen-bond donors (Lipinski definition) is 2. The molecule has 2 N–H and O–H groups in total. The number of nitrogens with one attached hydrogen (secondary N) is 2. The number of carbonyl (C=O) groups is 1. The van der Waals surface area contributed by atoms with Gasteiger partial charge in [0.2, 0.25) is 5.91 Å². The lowest BCUT2D eigenvalue weighted by Crippen LogP contribution is -2.60. The Balaban J connectivity index is 1.58. The number of amides is 1. The van der Waals surface area contributed by atoms with Crippen molar-refractivity contribution in [2.75, 3.05) is 45.3 Å². The zero-order valence-electron chi connectivity index (χ0n) is 15.6. The largest absolute Gasteiger partial charge is 0.497 e. The van der Waals surface area contributed by atoms with E-state index in [-0.39, 0.29) is 41.5 Å². The minimum atomic E-state index is -3.11. The van der Waals surface area contributed by atoms with Gasteiger partial charge >= 0.3 is 0 Å². The fourth-order valence-corrected chi connectivity index (χ4v) is 6.55. The number of ether oxygens (including phenoxy) is 1. The Morgan fingerprint density at radius 1 is 1.22 bits per heavy atom. The summed E-state index contributed by atoms with van der Waals surface area (Å²) in [4.78, 5) is 17.3. The minimum Gasteiger partial charge on any atom is -0.497 e. The Labute approximate surface area is 159 Å². The molecule has 4 atom stereocenters. The van der Waals surface area contributed by atoms with Crippen molar-refractivity contribution in [3.63, 3.8) is 0 Å². The molecule has 0 aliphatic carbocycles. The van der Waals surface area contributed by atoms with E-state index in [0.29, 0.717) is 19.6 Å². The number of carbonyl (C=O) groups excluding carboxylic acids is 1. The van der Waals surface area contributed by atoms with Crippen LogP contribution in [0.15, 0.2) is 24.3 Å². The fraction of sp³-hybridized carbons (Fsp3) is 0.611. The van der Waals surface area contributed by atoms with E-state index in [2.05, 4.69) is 15.8 Å². The van der Waals surface area contributed by atoms with Gasteiger partial charge in [0.1, 0.15) is 5.75 Å². The van der Waals surface area contributed by atoms with Crippen molar-refractivity contribution in [2.24, 2.45) is 5.92 Å². The first-order valence-corrected chi connectivity index (χ1v) is 11.1. The predicted molar refractivity (Wildman–Crippen MR) is 101 cm³/mol. The van der Waals surface area contributed by atoms with Gasteiger partial charge in [0.05, 0.1) is 36.6 Å². The summed E-state index contributed by atoms with van der Waals surface area (Å²) in [6.45, 7) is 1.77. The van der Waals surface area contributed by atoms with Crippen LogP contribution >= 0.6 is 0 Å². The summed E-state index contributed by atoms with van der Waals surface area (Å²) in [6, 6.07) is 7.14. The van der Waals surface area contributed by atoms with E-state index in [0.717, 1.165) is 11.3 Å². The molecule has 3 fully saturated rings. The highest BCUT2D eigenvalue weighted by Gasteiger charge is 2.49. The fourth-order valence-electron chi connectivity index (χ4n) is 4.49. The lowest BCUT2D eigenvalue weighted by atomic mass is 9.92. The summed E-state index contributed by atoms with van der Waals surface area (Å²) >= 11 is 0. The van der Waals surface area contributed by atoms with Gasteiger partial charge in [-0.1, -0.05) is 12.1 Å². The highest BCUT2D eigenvalue weighted by Crippen LogP contribution is 2.32. The molecule has 9 heteroatoms. The van der Waals surface area contributed by atoms with E-state index in [1.807, 2.05) is 36.2 Å². The van der Waals surface area contributed by atoms with Gasteiger partial charge < -0.3 is 9.64 Å². The number of nitrogens with zero attached hydrogens (tertiary/aromatic N) is 2. The van der Waals surface area contributed by atoms with Crippen molar-refractivity contribution in [3.05, 3.63) is 29.8 Å². The highest BCUT2D eigenvalue weighted by atomic mass is 32.2. The van der Waals surface area contributed by atoms with Crippen LogP contribution in [0.2, 0.25) is 0 Å². The van der Waals surface area contributed by atoms with E-state index in [9.17, 15) is 13.2 Å². The third-order valence-corrected chi connectivity index (χ3v) is 7.69. The Bertz CT molecular complexity index is 830. The highest BCUT2D eigenvalue weighted by molar-refractivity contribution is 7.91. The van der Waals surface area contributed by atoms with Gasteiger partial charge in [0, 0.05) is 25.7 Å². The molecule has 4 rings (SSSR count). The van der Waals surface area contributed by atoms with E-state index < -0.39 is 9.84 Å². The van der Waals surface area contributed by atoms with Crippen LogP contribution in [0, 0.1) is 5.92 Å². The van der Waals surface area contributed by atoms with E-state index in [1.54, 1.807) is 7.11 Å². The molecule has 27 heavy (non-hydrogen) atoms. The third-order valence-electron chi connectivity index (χ3n) is 5.99. The second kappa shape index (κ2) is 7.05. The van der Waals surface area contributed by atoms with Crippen LogP contribution in [-0.2, 0) is 14.6 Å². The summed E-state index contributed by atoms with van der Waals surface area (Å²) in [5.41, 5.74) is 7.27. The number of likely N-dealkylation sites (N-methyl/N-ethyl adjacent to an activating group) is 1. The standard InChI is InChI=1S/C18H26N4O4S/c1-21-6-7-22(16-11-27(24,25)10-15(16)21)18(23)14-9-19-20-17(14)12-4-3-5-13(8-12)26-2/h3-5,8,14-17,19-20H,6-7,9-11H2,1-2H3/t14?,15-,16+,17?/m0/s1. The van der Waals surface area contributed by atoms with Crippen molar-refractivity contribution < 1.29 is 17.9 Å². The van der Waals surface area contributed by atoms with Crippen LogP contribution in [0.4, 0.5) is 0 Å². The average molecular weight is 394 g/mol. The van der Waals surface area contributed by atoms with Crippen LogP contribution in [0.25, 0.3) is 0 Å². The molecule has 2 unspecified atom stereocenters. The molecule has 1 aromatic carbocycles. The van der Waals surface area contributed by atoms with Gasteiger partial charge in [-0.2, -0.15) is 0 Å². The molecule has 0 radical (unpaired) electrons. The van der Waals surface area contributed by atoms with E-state index in [1.165, 1.54) is 0 Å². The molecule has 3 aliphatic rings. The Morgan fingerprint density at radius 3 is 2.78 bits per heavy atom. The van der Waals surface area contributed by atoms with E-state index >= 15 is 0 Å². The minimum absolute atomic E-state index is 0.0144. The van der Waals surface area contributed by atoms with Crippen molar-refractivity contribution in [1.29, 1.82) is 0 Å². The zero-order valence-corrected chi connectivity index (χ0v) is 16.4. The molecule has 3 heterocycles. The molecule has 8 nitrogen and oxygen atoms in total. The van der Waals surface area contributed by atoms with Crippen molar-refractivity contribution in [1.82, 2.24) is 20.7 Å². The SMILES string of the molecule is COc1cccc(C2NNCC2C(=O)N2CCN(C)[C@H]3CS(=O)(=O)C[C@H]32)c1. The lowest BCUT2D eigenvalue weighted by Gasteiger charge is -2.43. The summed E-state index contributed by atoms with van der Waals surface area (Å²) in [5.74, 6) is 0.669. The molecule has 0 saturated carbocycles. The number of methoxy groups -OCH3 is 1. The van der Waals surface area contributed by atoms with Crippen molar-refractivity contribution in [3.8, 4) is 5.75 Å².